The van der Waals surface area contributed by atoms with E-state index in [0.29, 0.717) is 0 Å². The van der Waals surface area contributed by atoms with Gasteiger partial charge in [0.05, 0.1) is 11.3 Å². The van der Waals surface area contributed by atoms with E-state index in [1.807, 2.05) is 0 Å². The number of esters is 1. The average Bonchev–Trinajstić information content (AvgIpc) is 2.28. The van der Waals surface area contributed by atoms with Crippen molar-refractivity contribution in [1.29, 1.82) is 0 Å². The number of nitro benzene ring substituents is 1. The van der Waals surface area contributed by atoms with Gasteiger partial charge in [-0.3, -0.25) is 19.7 Å². The lowest BCUT2D eigenvalue weighted by Gasteiger charge is -2.09. The highest BCUT2D eigenvalue weighted by Gasteiger charge is 2.19. The molecule has 0 heterocycles. The van der Waals surface area contributed by atoms with Crippen molar-refractivity contribution in [2.24, 2.45) is 5.73 Å². The minimum Gasteiger partial charge on any atom is -0.452 e. The van der Waals surface area contributed by atoms with Gasteiger partial charge in [0.25, 0.3) is 11.6 Å². The summed E-state index contributed by atoms with van der Waals surface area (Å²) in [6, 6.07) is 5.82. The van der Waals surface area contributed by atoms with Gasteiger partial charge in [-0.1, -0.05) is 18.2 Å². The van der Waals surface area contributed by atoms with Crippen molar-refractivity contribution in [3.8, 4) is 0 Å². The predicted octanol–water partition coefficient (Wildman–Crippen LogP) is 0.554. The Hall–Kier alpha value is -2.44. The summed E-state index contributed by atoms with van der Waals surface area (Å²) >= 11 is 0. The molecule has 0 saturated heterocycles. The summed E-state index contributed by atoms with van der Waals surface area (Å²) in [6.45, 7) is 1.33. The zero-order chi connectivity index (χ0) is 13.7. The van der Waals surface area contributed by atoms with Crippen molar-refractivity contribution in [1.82, 2.24) is 0 Å². The summed E-state index contributed by atoms with van der Waals surface area (Å²) in [6.07, 6.45) is -1.34. The Kier molecular flexibility index (Phi) is 4.36. The molecule has 0 aliphatic heterocycles. The third-order valence-electron chi connectivity index (χ3n) is 2.23. The number of nitro groups is 1. The van der Waals surface area contributed by atoms with Crippen molar-refractivity contribution in [2.45, 2.75) is 19.4 Å². The lowest BCUT2D eigenvalue weighted by atomic mass is 10.1. The highest BCUT2D eigenvalue weighted by atomic mass is 16.6. The number of amides is 1. The van der Waals surface area contributed by atoms with Gasteiger partial charge < -0.3 is 10.5 Å². The molecule has 1 aromatic carbocycles. The van der Waals surface area contributed by atoms with Crippen molar-refractivity contribution < 1.29 is 19.2 Å². The maximum Gasteiger partial charge on any atom is 0.311 e. The van der Waals surface area contributed by atoms with Crippen LogP contribution in [0.1, 0.15) is 12.5 Å². The molecule has 0 fully saturated rings. The summed E-state index contributed by atoms with van der Waals surface area (Å²) in [5.41, 5.74) is 4.99. The molecule has 96 valence electrons. The van der Waals surface area contributed by atoms with Gasteiger partial charge >= 0.3 is 5.97 Å². The molecule has 0 radical (unpaired) electrons. The normalized spacial score (nSPS) is 11.6. The average molecular weight is 252 g/mol. The topological polar surface area (TPSA) is 113 Å². The molecular weight excluding hydrogens is 240 g/mol. The summed E-state index contributed by atoms with van der Waals surface area (Å²) in [7, 11) is 0. The van der Waals surface area contributed by atoms with E-state index < -0.39 is 22.9 Å². The number of carbonyl (C=O) groups excluding carboxylic acids is 2. The summed E-state index contributed by atoms with van der Waals surface area (Å²) in [5.74, 6) is -1.51. The maximum atomic E-state index is 11.4. The van der Waals surface area contributed by atoms with Crippen LogP contribution >= 0.6 is 0 Å². The van der Waals surface area contributed by atoms with Crippen molar-refractivity contribution in [2.75, 3.05) is 0 Å². The van der Waals surface area contributed by atoms with Crippen LogP contribution in [0.3, 0.4) is 0 Å². The van der Waals surface area contributed by atoms with Gasteiger partial charge in [-0.25, -0.2) is 0 Å². The highest BCUT2D eigenvalue weighted by Crippen LogP contribution is 2.18. The van der Waals surface area contributed by atoms with Crippen LogP contribution in [0.4, 0.5) is 5.69 Å². The number of nitrogens with two attached hydrogens (primary N) is 1. The first-order valence-electron chi connectivity index (χ1n) is 5.13. The molecule has 1 amide bonds. The number of benzene rings is 1. The van der Waals surface area contributed by atoms with Crippen LogP contribution in [0.2, 0.25) is 0 Å². The lowest BCUT2D eigenvalue weighted by Crippen LogP contribution is -2.31. The number of hydrogen-bond acceptors (Lipinski definition) is 5. The fraction of sp³-hybridized carbons (Fsp3) is 0.273. The van der Waals surface area contributed by atoms with Crippen molar-refractivity contribution in [3.05, 3.63) is 39.9 Å². The van der Waals surface area contributed by atoms with Gasteiger partial charge in [0.1, 0.15) is 0 Å². The van der Waals surface area contributed by atoms with Crippen LogP contribution in [-0.4, -0.2) is 22.9 Å². The van der Waals surface area contributed by atoms with Crippen LogP contribution in [0.15, 0.2) is 24.3 Å². The Morgan fingerprint density at radius 3 is 2.61 bits per heavy atom. The van der Waals surface area contributed by atoms with E-state index in [9.17, 15) is 19.7 Å². The molecule has 0 aliphatic rings. The number of rotatable bonds is 5. The molecule has 0 spiro atoms. The van der Waals surface area contributed by atoms with Gasteiger partial charge in [-0.05, 0) is 6.92 Å². The second-order valence-electron chi connectivity index (χ2n) is 3.60. The van der Waals surface area contributed by atoms with Gasteiger partial charge in [0.2, 0.25) is 0 Å². The van der Waals surface area contributed by atoms with Crippen molar-refractivity contribution in [3.63, 3.8) is 0 Å². The molecule has 1 aromatic rings. The number of para-hydroxylation sites is 1. The van der Waals surface area contributed by atoms with Crippen LogP contribution in [0.25, 0.3) is 0 Å². The van der Waals surface area contributed by atoms with Crippen molar-refractivity contribution >= 4 is 17.6 Å². The monoisotopic (exact) mass is 252 g/mol. The fourth-order valence-corrected chi connectivity index (χ4v) is 1.29. The Morgan fingerprint density at radius 1 is 1.44 bits per heavy atom. The second-order valence-corrected chi connectivity index (χ2v) is 3.60. The number of ether oxygens (including phenoxy) is 1. The van der Waals surface area contributed by atoms with Gasteiger partial charge in [-0.15, -0.1) is 0 Å². The molecule has 0 aromatic heterocycles. The molecule has 7 heteroatoms. The van der Waals surface area contributed by atoms with Gasteiger partial charge in [0, 0.05) is 11.6 Å². The SMILES string of the molecule is C[C@@H](OC(=O)Cc1ccccc1[N+](=O)[O-])C(N)=O. The van der Waals surface area contributed by atoms with E-state index in [2.05, 4.69) is 0 Å². The fourth-order valence-electron chi connectivity index (χ4n) is 1.29. The van der Waals surface area contributed by atoms with E-state index in [1.165, 1.54) is 25.1 Å². The first-order chi connectivity index (χ1) is 8.41. The van der Waals surface area contributed by atoms with Gasteiger partial charge in [-0.2, -0.15) is 0 Å². The molecule has 18 heavy (non-hydrogen) atoms. The third kappa shape index (κ3) is 3.55. The summed E-state index contributed by atoms with van der Waals surface area (Å²) < 4.78 is 4.71. The standard InChI is InChI=1S/C11H12N2O5/c1-7(11(12)15)18-10(14)6-8-4-2-3-5-9(8)13(16)17/h2-5,7H,6H2,1H3,(H2,12,15)/t7-/m1/s1. The molecule has 1 atom stereocenters. The minimum atomic E-state index is -1.06. The Labute approximate surface area is 103 Å². The quantitative estimate of drug-likeness (QED) is 0.467. The summed E-state index contributed by atoms with van der Waals surface area (Å²) in [4.78, 5) is 32.3. The van der Waals surface area contributed by atoms with E-state index in [-0.39, 0.29) is 17.7 Å². The lowest BCUT2D eigenvalue weighted by molar-refractivity contribution is -0.385. The number of carbonyl (C=O) groups is 2. The van der Waals surface area contributed by atoms with E-state index in [0.717, 1.165) is 0 Å². The number of nitrogens with zero attached hydrogens (tertiary/aromatic N) is 1. The zero-order valence-corrected chi connectivity index (χ0v) is 9.66. The van der Waals surface area contributed by atoms with E-state index >= 15 is 0 Å². The Balaban J connectivity index is 2.76. The van der Waals surface area contributed by atoms with E-state index in [1.54, 1.807) is 6.07 Å². The second kappa shape index (κ2) is 5.76. The molecule has 7 nitrogen and oxygen atoms in total. The molecule has 1 rings (SSSR count). The van der Waals surface area contributed by atoms with Crippen LogP contribution in [-0.2, 0) is 20.7 Å². The number of hydrogen-bond donors (Lipinski definition) is 1. The first kappa shape index (κ1) is 13.6. The zero-order valence-electron chi connectivity index (χ0n) is 9.66. The highest BCUT2D eigenvalue weighted by molar-refractivity contribution is 5.82. The van der Waals surface area contributed by atoms with Crippen LogP contribution in [0, 0.1) is 10.1 Å². The first-order valence-corrected chi connectivity index (χ1v) is 5.13. The van der Waals surface area contributed by atoms with Crippen LogP contribution < -0.4 is 5.73 Å². The number of primary amides is 1. The van der Waals surface area contributed by atoms with Gasteiger partial charge in [0.15, 0.2) is 6.10 Å². The van der Waals surface area contributed by atoms with E-state index in [4.69, 9.17) is 10.5 Å². The summed E-state index contributed by atoms with van der Waals surface area (Å²) in [5, 5.41) is 10.7. The minimum absolute atomic E-state index is 0.166. The Bertz CT molecular complexity index is 486. The maximum absolute atomic E-state index is 11.4. The molecule has 0 aliphatic carbocycles. The smallest absolute Gasteiger partial charge is 0.311 e. The molecule has 0 unspecified atom stereocenters. The molecular formula is C11H12N2O5. The third-order valence-corrected chi connectivity index (χ3v) is 2.23. The Morgan fingerprint density at radius 2 is 2.06 bits per heavy atom. The molecule has 2 N–H and O–H groups in total. The largest absolute Gasteiger partial charge is 0.452 e. The molecule has 0 bridgehead atoms. The molecule has 0 saturated carbocycles. The predicted molar refractivity (Wildman–Crippen MR) is 61.5 cm³/mol. The van der Waals surface area contributed by atoms with Crippen LogP contribution in [0.5, 0.6) is 0 Å².